The fraction of sp³-hybridized carbons (Fsp3) is 1.00. The summed E-state index contributed by atoms with van der Waals surface area (Å²) in [6, 6.07) is 0.591. The molecule has 0 aromatic heterocycles. The van der Waals surface area contributed by atoms with E-state index in [-0.39, 0.29) is 6.61 Å². The van der Waals surface area contributed by atoms with Crippen molar-refractivity contribution in [1.29, 1.82) is 0 Å². The molecule has 1 aliphatic rings. The molecule has 0 amide bonds. The van der Waals surface area contributed by atoms with Gasteiger partial charge in [-0.05, 0) is 31.7 Å². The topological polar surface area (TPSA) is 52.5 Å². The zero-order valence-corrected chi connectivity index (χ0v) is 11.7. The van der Waals surface area contributed by atoms with Gasteiger partial charge in [0, 0.05) is 17.5 Å². The van der Waals surface area contributed by atoms with E-state index in [4.69, 9.17) is 5.11 Å². The zero-order valence-electron chi connectivity index (χ0n) is 10.9. The van der Waals surface area contributed by atoms with Gasteiger partial charge in [-0.3, -0.25) is 0 Å². The number of aliphatic hydroxyl groups is 2. The van der Waals surface area contributed by atoms with Crippen LogP contribution in [0.3, 0.4) is 0 Å². The second-order valence-corrected chi connectivity index (χ2v) is 6.05. The number of hydrogen-bond donors (Lipinski definition) is 3. The van der Waals surface area contributed by atoms with E-state index >= 15 is 0 Å². The molecule has 1 rings (SSSR count). The van der Waals surface area contributed by atoms with Gasteiger partial charge in [-0.25, -0.2) is 0 Å². The lowest BCUT2D eigenvalue weighted by Gasteiger charge is -2.24. The quantitative estimate of drug-likeness (QED) is 0.590. The van der Waals surface area contributed by atoms with Crippen LogP contribution in [0.15, 0.2) is 0 Å². The van der Waals surface area contributed by atoms with Crippen molar-refractivity contribution in [2.45, 2.75) is 51.2 Å². The molecule has 0 aliphatic heterocycles. The maximum atomic E-state index is 9.32. The molecule has 1 fully saturated rings. The Morgan fingerprint density at radius 1 is 1.29 bits per heavy atom. The minimum Gasteiger partial charge on any atom is -0.394 e. The average Bonchev–Trinajstić information content (AvgIpc) is 2.86. The van der Waals surface area contributed by atoms with E-state index in [0.29, 0.717) is 11.8 Å². The van der Waals surface area contributed by atoms with E-state index in [1.54, 1.807) is 11.8 Å². The van der Waals surface area contributed by atoms with Gasteiger partial charge in [0.1, 0.15) is 0 Å². The summed E-state index contributed by atoms with van der Waals surface area (Å²) in [4.78, 5) is 0. The second-order valence-electron chi connectivity index (χ2n) is 4.98. The van der Waals surface area contributed by atoms with Gasteiger partial charge in [0.2, 0.25) is 0 Å². The van der Waals surface area contributed by atoms with Crippen LogP contribution in [-0.4, -0.2) is 47.0 Å². The monoisotopic (exact) mass is 261 g/mol. The Balaban J connectivity index is 2.24. The lowest BCUT2D eigenvalue weighted by molar-refractivity contribution is 0.113. The van der Waals surface area contributed by atoms with Gasteiger partial charge in [-0.2, -0.15) is 11.8 Å². The summed E-state index contributed by atoms with van der Waals surface area (Å²) in [5.41, 5.74) is 0. The molecule has 2 atom stereocenters. The normalized spacial score (nSPS) is 20.6. The van der Waals surface area contributed by atoms with Crippen LogP contribution < -0.4 is 5.32 Å². The van der Waals surface area contributed by atoms with Gasteiger partial charge in [-0.15, -0.1) is 0 Å². The zero-order chi connectivity index (χ0) is 12.5. The first-order chi connectivity index (χ1) is 8.27. The molecular formula is C13H27NO2S. The summed E-state index contributed by atoms with van der Waals surface area (Å²) in [5.74, 6) is 2.52. The molecule has 3 N–H and O–H groups in total. The van der Waals surface area contributed by atoms with Gasteiger partial charge >= 0.3 is 0 Å². The molecular weight excluding hydrogens is 234 g/mol. The van der Waals surface area contributed by atoms with E-state index in [1.807, 2.05) is 0 Å². The molecule has 1 saturated carbocycles. The molecule has 4 heteroatoms. The number of nitrogens with one attached hydrogen (secondary N) is 1. The van der Waals surface area contributed by atoms with Crippen LogP contribution in [0.2, 0.25) is 0 Å². The third-order valence-electron chi connectivity index (χ3n) is 3.44. The van der Waals surface area contributed by atoms with Gasteiger partial charge in [0.05, 0.1) is 12.7 Å². The molecule has 102 valence electrons. The van der Waals surface area contributed by atoms with Gasteiger partial charge < -0.3 is 15.5 Å². The molecule has 0 aromatic rings. The Hall–Kier alpha value is 0.230. The van der Waals surface area contributed by atoms with Crippen LogP contribution in [0.4, 0.5) is 0 Å². The predicted octanol–water partition coefficient (Wildman–Crippen LogP) is 1.63. The molecule has 1 aliphatic carbocycles. The first-order valence-electron chi connectivity index (χ1n) is 6.88. The molecule has 0 radical (unpaired) electrons. The van der Waals surface area contributed by atoms with Crippen molar-refractivity contribution in [1.82, 2.24) is 5.32 Å². The third kappa shape index (κ3) is 6.09. The second kappa shape index (κ2) is 9.20. The van der Waals surface area contributed by atoms with E-state index in [2.05, 4.69) is 12.2 Å². The minimum absolute atomic E-state index is 0.122. The van der Waals surface area contributed by atoms with Crippen molar-refractivity contribution in [2.75, 3.05) is 24.7 Å². The molecule has 0 bridgehead atoms. The SMILES string of the molecule is CCCNC(CSCC(O)CO)C1CCCC1. The first-order valence-corrected chi connectivity index (χ1v) is 8.03. The summed E-state index contributed by atoms with van der Waals surface area (Å²) >= 11 is 1.76. The Labute approximate surface area is 109 Å². The van der Waals surface area contributed by atoms with Crippen LogP contribution in [0.5, 0.6) is 0 Å². The van der Waals surface area contributed by atoms with E-state index in [1.165, 1.54) is 32.1 Å². The first kappa shape index (κ1) is 15.3. The summed E-state index contributed by atoms with van der Waals surface area (Å²) < 4.78 is 0. The third-order valence-corrected chi connectivity index (χ3v) is 4.66. The molecule has 0 heterocycles. The highest BCUT2D eigenvalue weighted by Gasteiger charge is 2.24. The van der Waals surface area contributed by atoms with Crippen molar-refractivity contribution in [3.63, 3.8) is 0 Å². The van der Waals surface area contributed by atoms with Crippen LogP contribution in [0.1, 0.15) is 39.0 Å². The molecule has 3 nitrogen and oxygen atoms in total. The van der Waals surface area contributed by atoms with Crippen LogP contribution in [0, 0.1) is 5.92 Å². The molecule has 0 saturated heterocycles. The Morgan fingerprint density at radius 3 is 2.59 bits per heavy atom. The minimum atomic E-state index is -0.560. The van der Waals surface area contributed by atoms with Crippen molar-refractivity contribution < 1.29 is 10.2 Å². The van der Waals surface area contributed by atoms with E-state index < -0.39 is 6.10 Å². The smallest absolute Gasteiger partial charge is 0.0861 e. The van der Waals surface area contributed by atoms with Gasteiger partial charge in [-0.1, -0.05) is 19.8 Å². The van der Waals surface area contributed by atoms with Crippen LogP contribution in [-0.2, 0) is 0 Å². The van der Waals surface area contributed by atoms with Gasteiger partial charge in [0.25, 0.3) is 0 Å². The maximum Gasteiger partial charge on any atom is 0.0861 e. The lowest BCUT2D eigenvalue weighted by atomic mass is 10.00. The predicted molar refractivity (Wildman–Crippen MR) is 74.5 cm³/mol. The average molecular weight is 261 g/mol. The molecule has 17 heavy (non-hydrogen) atoms. The Morgan fingerprint density at radius 2 is 2.00 bits per heavy atom. The summed E-state index contributed by atoms with van der Waals surface area (Å²) in [6.07, 6.45) is 6.07. The fourth-order valence-electron chi connectivity index (χ4n) is 2.43. The van der Waals surface area contributed by atoms with Gasteiger partial charge in [0.15, 0.2) is 0 Å². The maximum absolute atomic E-state index is 9.32. The molecule has 0 aromatic carbocycles. The highest BCUT2D eigenvalue weighted by molar-refractivity contribution is 7.99. The fourth-order valence-corrected chi connectivity index (χ4v) is 3.59. The number of rotatable bonds is 9. The summed E-state index contributed by atoms with van der Waals surface area (Å²) in [5, 5.41) is 21.7. The van der Waals surface area contributed by atoms with Crippen molar-refractivity contribution in [2.24, 2.45) is 5.92 Å². The highest BCUT2D eigenvalue weighted by Crippen LogP contribution is 2.29. The largest absolute Gasteiger partial charge is 0.394 e. The number of thioether (sulfide) groups is 1. The van der Waals surface area contributed by atoms with E-state index in [9.17, 15) is 5.11 Å². The summed E-state index contributed by atoms with van der Waals surface area (Å²) in [6.45, 7) is 3.16. The molecule has 0 spiro atoms. The van der Waals surface area contributed by atoms with Crippen LogP contribution in [0.25, 0.3) is 0 Å². The standard InChI is InChI=1S/C13H27NO2S/c1-2-7-14-13(11-5-3-4-6-11)10-17-9-12(16)8-15/h11-16H,2-10H2,1H3. The van der Waals surface area contributed by atoms with Crippen LogP contribution >= 0.6 is 11.8 Å². The van der Waals surface area contributed by atoms with Crippen molar-refractivity contribution in [3.8, 4) is 0 Å². The lowest BCUT2D eigenvalue weighted by Crippen LogP contribution is -2.38. The number of aliphatic hydroxyl groups excluding tert-OH is 2. The Bertz CT molecular complexity index is 186. The molecule has 2 unspecified atom stereocenters. The van der Waals surface area contributed by atoms with Crippen molar-refractivity contribution in [3.05, 3.63) is 0 Å². The Kier molecular flexibility index (Phi) is 8.27. The van der Waals surface area contributed by atoms with E-state index in [0.717, 1.165) is 18.2 Å². The summed E-state index contributed by atoms with van der Waals surface area (Å²) in [7, 11) is 0. The van der Waals surface area contributed by atoms with Crippen molar-refractivity contribution >= 4 is 11.8 Å². The highest BCUT2D eigenvalue weighted by atomic mass is 32.2. The number of hydrogen-bond acceptors (Lipinski definition) is 4.